The molecule has 6 rings (SSSR count). The van der Waals surface area contributed by atoms with Crippen molar-refractivity contribution in [2.45, 2.75) is 0 Å². The fourth-order valence-corrected chi connectivity index (χ4v) is 38.1. The fourth-order valence-electron chi connectivity index (χ4n) is 5.60. The van der Waals surface area contributed by atoms with E-state index in [0.717, 1.165) is 0 Å². The molecule has 6 aromatic carbocycles. The van der Waals surface area contributed by atoms with Crippen LogP contribution >= 0.6 is 22.3 Å². The third-order valence-corrected chi connectivity index (χ3v) is 34.1. The summed E-state index contributed by atoms with van der Waals surface area (Å²) in [5.41, 5.74) is 0. The number of benzene rings is 6. The van der Waals surface area contributed by atoms with Crippen LogP contribution in [0.15, 0.2) is 182 Å². The summed E-state index contributed by atoms with van der Waals surface area (Å²) in [6.07, 6.45) is 0. The van der Waals surface area contributed by atoms with Gasteiger partial charge < -0.3 is 0 Å². The Morgan fingerprint density at radius 3 is 0.575 bits per heavy atom. The van der Waals surface area contributed by atoms with E-state index in [2.05, 4.69) is 182 Å². The summed E-state index contributed by atoms with van der Waals surface area (Å²) in [7, 11) is 8.50. The van der Waals surface area contributed by atoms with Crippen LogP contribution in [0.2, 0.25) is 0 Å². The van der Waals surface area contributed by atoms with Gasteiger partial charge in [0.1, 0.15) is 0 Å². The molecule has 0 bridgehead atoms. The molecule has 0 spiro atoms. The van der Waals surface area contributed by atoms with Gasteiger partial charge in [-0.15, -0.1) is 0 Å². The Bertz CT molecular complexity index is 1310. The molecule has 4 heteroatoms. The number of hydrogen-bond donors (Lipinski definition) is 0. The first kappa shape index (κ1) is 27.1. The standard InChI is InChI=1S/2C18H15P.ClH.Ni/c2*1-4-10-16(11-5-1)19(17-12-6-2-7-13-17)18-14-8-3-9-15-18;;/h2*1-15H;1H;/q;;;-1/p+1. The summed E-state index contributed by atoms with van der Waals surface area (Å²) in [6, 6.07) is 60.9. The van der Waals surface area contributed by atoms with Gasteiger partial charge in [0.15, 0.2) is 0 Å². The summed E-state index contributed by atoms with van der Waals surface area (Å²) in [5.74, 6) is 0. The summed E-state index contributed by atoms with van der Waals surface area (Å²) in [6.45, 7) is 0. The molecule has 0 N–H and O–H groups in total. The maximum absolute atomic E-state index is 8.50. The maximum atomic E-state index is 8.50. The molecule has 0 heterocycles. The van der Waals surface area contributed by atoms with Gasteiger partial charge in [-0.3, -0.25) is 0 Å². The van der Waals surface area contributed by atoms with Crippen molar-refractivity contribution >= 4 is 54.1 Å². The molecule has 0 saturated heterocycles. The van der Waals surface area contributed by atoms with Crippen molar-refractivity contribution in [1.29, 1.82) is 0 Å². The van der Waals surface area contributed by atoms with E-state index in [4.69, 9.17) is 10.2 Å². The zero-order valence-corrected chi connectivity index (χ0v) is 25.8. The molecule has 203 valence electrons. The van der Waals surface area contributed by atoms with Crippen LogP contribution in [-0.2, 0) is 11.7 Å². The van der Waals surface area contributed by atoms with Crippen molar-refractivity contribution in [3.8, 4) is 0 Å². The first-order chi connectivity index (χ1) is 19.8. The van der Waals surface area contributed by atoms with E-state index in [-0.39, 0.29) is 0 Å². The molecule has 0 nitrogen and oxygen atoms in total. The second-order valence-electron chi connectivity index (χ2n) is 9.62. The predicted molar refractivity (Wildman–Crippen MR) is 179 cm³/mol. The van der Waals surface area contributed by atoms with E-state index in [1.54, 1.807) is 0 Å². The third kappa shape index (κ3) is 4.67. The molecule has 0 aliphatic rings. The van der Waals surface area contributed by atoms with Crippen LogP contribution in [0.1, 0.15) is 0 Å². The van der Waals surface area contributed by atoms with Crippen molar-refractivity contribution in [2.75, 3.05) is 0 Å². The molecular weight excluding hydrogens is 588 g/mol. The summed E-state index contributed by atoms with van der Waals surface area (Å²) < 4.78 is 0. The van der Waals surface area contributed by atoms with E-state index in [9.17, 15) is 0 Å². The van der Waals surface area contributed by atoms with Crippen molar-refractivity contribution in [1.82, 2.24) is 0 Å². The van der Waals surface area contributed by atoms with Crippen molar-refractivity contribution in [3.63, 3.8) is 0 Å². The Morgan fingerprint density at radius 1 is 0.275 bits per heavy atom. The summed E-state index contributed by atoms with van der Waals surface area (Å²) in [4.78, 5) is 0. The molecule has 0 atom stereocenters. The van der Waals surface area contributed by atoms with Gasteiger partial charge in [-0.2, -0.15) is 0 Å². The normalized spacial score (nSPS) is 12.9. The second kappa shape index (κ2) is 12.2. The Hall–Kier alpha value is -3.04. The predicted octanol–water partition coefficient (Wildman–Crippen LogP) is 7.04. The van der Waals surface area contributed by atoms with E-state index in [1.807, 2.05) is 0 Å². The van der Waals surface area contributed by atoms with Gasteiger partial charge >= 0.3 is 248 Å². The number of halogens is 1. The minimum absolute atomic E-state index is 0.831. The van der Waals surface area contributed by atoms with E-state index in [1.165, 1.54) is 31.8 Å². The molecule has 0 fully saturated rings. The minimum atomic E-state index is -2.84. The number of hydrogen-bond acceptors (Lipinski definition) is 0. The van der Waals surface area contributed by atoms with Crippen LogP contribution in [0, 0.1) is 0 Å². The Balaban J connectivity index is 1.81. The van der Waals surface area contributed by atoms with Gasteiger partial charge in [0.25, 0.3) is 0 Å². The monoisotopic (exact) mass is 619 g/mol. The van der Waals surface area contributed by atoms with Crippen molar-refractivity contribution in [2.24, 2.45) is 0 Å². The van der Waals surface area contributed by atoms with Crippen LogP contribution in [0.4, 0.5) is 0 Å². The molecule has 0 unspecified atom stereocenters. The Kier molecular flexibility index (Phi) is 8.30. The number of rotatable bonds is 8. The van der Waals surface area contributed by atoms with Crippen molar-refractivity contribution < 1.29 is 11.7 Å². The topological polar surface area (TPSA) is 0 Å². The summed E-state index contributed by atoms with van der Waals surface area (Å²) >= 11 is -0.831. The van der Waals surface area contributed by atoms with Gasteiger partial charge in [0.05, 0.1) is 0 Å². The quantitative estimate of drug-likeness (QED) is 0.127. The zero-order valence-electron chi connectivity index (χ0n) is 22.0. The Labute approximate surface area is 246 Å². The average molecular weight is 621 g/mol. The molecule has 0 aliphatic heterocycles. The van der Waals surface area contributed by atoms with Crippen molar-refractivity contribution in [3.05, 3.63) is 182 Å². The van der Waals surface area contributed by atoms with Crippen LogP contribution in [0.3, 0.4) is 0 Å². The molecule has 0 saturated carbocycles. The SMILES string of the molecule is [Cl][Ni]([PH](c1ccccc1)(c1ccccc1)c1ccccc1)[PH](c1ccccc1)(c1ccccc1)c1ccccc1. The first-order valence-corrected chi connectivity index (χ1v) is 21.4. The molecule has 0 radical (unpaired) electrons. The van der Waals surface area contributed by atoms with Crippen LogP contribution in [0.5, 0.6) is 0 Å². The third-order valence-electron chi connectivity index (χ3n) is 7.34. The fraction of sp³-hybridized carbons (Fsp3) is 0. The Morgan fingerprint density at radius 2 is 0.425 bits per heavy atom. The molecule has 6 aromatic rings. The van der Waals surface area contributed by atoms with Crippen LogP contribution in [0.25, 0.3) is 0 Å². The van der Waals surface area contributed by atoms with Crippen LogP contribution < -0.4 is 31.8 Å². The van der Waals surface area contributed by atoms with E-state index in [0.29, 0.717) is 0 Å². The zero-order chi connectivity index (χ0) is 27.3. The van der Waals surface area contributed by atoms with E-state index >= 15 is 0 Å². The van der Waals surface area contributed by atoms with Crippen LogP contribution in [-0.4, -0.2) is 0 Å². The van der Waals surface area contributed by atoms with Gasteiger partial charge in [0.2, 0.25) is 0 Å². The molecule has 0 aliphatic carbocycles. The first-order valence-electron chi connectivity index (χ1n) is 13.4. The summed E-state index contributed by atoms with van der Waals surface area (Å²) in [5, 5.41) is 8.07. The molecular formula is C36H32ClNiP2. The molecule has 0 amide bonds. The average Bonchev–Trinajstić information content (AvgIpc) is 3.05. The van der Waals surface area contributed by atoms with Gasteiger partial charge in [-0.05, 0) is 0 Å². The van der Waals surface area contributed by atoms with E-state index < -0.39 is 23.7 Å². The molecule has 0 aromatic heterocycles. The van der Waals surface area contributed by atoms with Gasteiger partial charge in [-0.1, -0.05) is 0 Å². The second-order valence-corrected chi connectivity index (χ2v) is 27.1. The van der Waals surface area contributed by atoms with Gasteiger partial charge in [0, 0.05) is 0 Å². The van der Waals surface area contributed by atoms with Gasteiger partial charge in [-0.25, -0.2) is 0 Å². The molecule has 40 heavy (non-hydrogen) atoms.